The highest BCUT2D eigenvalue weighted by Crippen LogP contribution is 2.41. The smallest absolute Gasteiger partial charge is 0.347 e. The van der Waals surface area contributed by atoms with Gasteiger partial charge < -0.3 is 95.0 Å². The molecule has 29 nitrogen and oxygen atoms in total. The van der Waals surface area contributed by atoms with E-state index in [1.165, 1.54) is 57.1 Å². The molecular weight excluding hydrogens is 1830 g/mol. The van der Waals surface area contributed by atoms with E-state index in [2.05, 4.69) is 97.3 Å². The summed E-state index contributed by atoms with van der Waals surface area (Å²) in [6.45, 7) is 23.9. The molecule has 20 aromatic rings. The van der Waals surface area contributed by atoms with Gasteiger partial charge in [0.2, 0.25) is 0 Å². The first-order valence-electron chi connectivity index (χ1n) is 49.3. The summed E-state index contributed by atoms with van der Waals surface area (Å²) in [5, 5.41) is 23.6. The SMILES string of the molecule is C[C@H]1CN(c2ccc3cc(-c4cc5ccccc5o4)c(=O)oc3c2)CCN1.Cc1cc(F)c2nc(-c3cc4ccc(N5CCNC6(CCC6)C5)cc4oc3=O)cn2c1.Cc1cc(F)c2nc(-c3cc4ccc(N5CCNC6(CCCC6)C5)cc4oc3=O)cn2c1.Cc1cn2cc(-c3cc4ccc(O[C@@H]5CCNC5)cc4oc3=O)nc2c(C)n1.O=c1oc2cc(N3CCNCC3)ccc2cc1-c1cc2ccccc2o1. The molecule has 7 aliphatic rings. The summed E-state index contributed by atoms with van der Waals surface area (Å²) in [6, 6.07) is 61.3. The fourth-order valence-corrected chi connectivity index (χ4v) is 21.2. The van der Waals surface area contributed by atoms with Gasteiger partial charge in [-0.3, -0.25) is 4.98 Å². The number of imidazole rings is 3. The summed E-state index contributed by atoms with van der Waals surface area (Å²) in [7, 11) is 0. The number of nitrogens with one attached hydrogen (secondary N) is 5. The highest BCUT2D eigenvalue weighted by atomic mass is 19.1. The highest BCUT2D eigenvalue weighted by Gasteiger charge is 2.41. The van der Waals surface area contributed by atoms with Crippen molar-refractivity contribution in [1.29, 1.82) is 0 Å². The quantitative estimate of drug-likeness (QED) is 0.0751. The van der Waals surface area contributed by atoms with Gasteiger partial charge in [-0.2, -0.15) is 0 Å². The Hall–Kier alpha value is -15.7. The molecular formula is C113H106F2N16O13. The monoisotopic (exact) mass is 1930 g/mol. The number of aryl methyl sites for hydroxylation is 4. The van der Waals surface area contributed by atoms with Crippen molar-refractivity contribution >= 4 is 116 Å². The second-order valence-electron chi connectivity index (χ2n) is 39.0. The Labute approximate surface area is 822 Å². The maximum Gasteiger partial charge on any atom is 0.347 e. The maximum absolute atomic E-state index is 14.3. The number of hydrogen-bond acceptors (Lipinski definition) is 26. The first-order valence-corrected chi connectivity index (χ1v) is 49.3. The van der Waals surface area contributed by atoms with Gasteiger partial charge in [0.15, 0.2) is 28.6 Å². The van der Waals surface area contributed by atoms with E-state index < -0.39 is 28.5 Å². The lowest BCUT2D eigenvalue weighted by molar-refractivity contribution is 0.173. The Morgan fingerprint density at radius 3 is 1.22 bits per heavy atom. The van der Waals surface area contributed by atoms with Gasteiger partial charge in [-0.15, -0.1) is 0 Å². The number of halogens is 2. The molecule has 0 bridgehead atoms. The average Bonchev–Trinajstić information content (AvgIpc) is 1.78. The topological polar surface area (TPSA) is 324 Å². The number of nitrogens with zero attached hydrogens (tertiary/aromatic N) is 11. The number of pyridine rings is 2. The van der Waals surface area contributed by atoms with Crippen LogP contribution in [0.15, 0.2) is 286 Å². The van der Waals surface area contributed by atoms with Crippen molar-refractivity contribution in [3.05, 3.63) is 318 Å². The molecule has 31 heteroatoms. The van der Waals surface area contributed by atoms with Crippen molar-refractivity contribution in [1.82, 2.24) is 59.7 Å². The van der Waals surface area contributed by atoms with E-state index in [1.54, 1.807) is 51.8 Å². The van der Waals surface area contributed by atoms with Crippen LogP contribution in [-0.2, 0) is 0 Å². The number of rotatable bonds is 11. The fraction of sp³-hybridized carbons (Fsp3) is 0.283. The van der Waals surface area contributed by atoms with Crippen molar-refractivity contribution in [3.8, 4) is 62.2 Å². The van der Waals surface area contributed by atoms with Crippen LogP contribution in [0.2, 0.25) is 0 Å². The summed E-state index contributed by atoms with van der Waals surface area (Å²) in [6.07, 6.45) is 20.5. The summed E-state index contributed by atoms with van der Waals surface area (Å²) < 4.78 is 79.5. The van der Waals surface area contributed by atoms with E-state index in [1.807, 2.05) is 184 Å². The molecule has 730 valence electrons. The molecule has 2 saturated carbocycles. The van der Waals surface area contributed by atoms with Crippen molar-refractivity contribution in [2.75, 3.05) is 118 Å². The zero-order valence-corrected chi connectivity index (χ0v) is 80.3. The third-order valence-electron chi connectivity index (χ3n) is 28.7. The predicted octanol–water partition coefficient (Wildman–Crippen LogP) is 18.6. The standard InChI is InChI=1S/C25H25FN4O2.C24H23FN4O2.C22H20N2O3.C21H20N4O3.C21H18N2O3/c1-16-10-20(26)23-28-21(14-30(23)13-16)19-11-17-4-5-18(12-22(17)32-24(19)31)29-9-8-27-25(15-29)6-2-3-7-25;1-15-9-19(25)22-27-20(13-29(22)12-15)18-10-16-3-4-17(11-21(16)31-23(18)30)28-8-7-26-24(14-28)5-2-6-24;1-14-13-24(9-8-23-14)17-7-6-16-10-18(22(25)27-20(16)12-17)21-11-15-4-2-3-5-19(15)26-21;1-12-10-25-11-18(24-20(25)13(2)23-12)17-7-14-3-4-15(8-19(14)28-21(17)26)27-16-5-6-22-9-16;24-21-17(20-12-14-3-1-2-4-18(14)25-20)11-15-5-6-16(13-19(15)26-21)23-9-7-22-8-10-23/h4-5,10-14,27H,2-3,6-9,15H2,1H3;3-4,9-13,26H,2,5-8,14H2,1H3;2-7,10-12,14,23H,8-9,13H2,1H3;3-4,7-8,10-11,16,22H,5-6,9H2,1-2H3;1-6,11-13,22H,7-10H2/t;;14-;16-;/m..01./s1. The Bertz CT molecular complexity index is 8640. The number of hydrogen-bond donors (Lipinski definition) is 5. The summed E-state index contributed by atoms with van der Waals surface area (Å²) in [5.41, 5.74) is 14.7. The average molecular weight is 1930 g/mol. The van der Waals surface area contributed by atoms with Crippen LogP contribution >= 0.6 is 0 Å². The molecule has 13 aromatic heterocycles. The molecule has 2 atom stereocenters. The van der Waals surface area contributed by atoms with Gasteiger partial charge in [0.05, 0.1) is 45.2 Å². The number of aromatic nitrogens is 7. The molecule has 144 heavy (non-hydrogen) atoms. The van der Waals surface area contributed by atoms with Crippen LogP contribution in [0, 0.1) is 39.3 Å². The van der Waals surface area contributed by atoms with Crippen LogP contribution in [0.3, 0.4) is 0 Å². The Morgan fingerprint density at radius 1 is 0.368 bits per heavy atom. The molecule has 5 saturated heterocycles. The number of benzene rings is 7. The molecule has 0 unspecified atom stereocenters. The highest BCUT2D eigenvalue weighted by molar-refractivity contribution is 5.91. The van der Waals surface area contributed by atoms with Crippen LogP contribution < -0.4 is 79.0 Å². The van der Waals surface area contributed by atoms with E-state index in [0.717, 1.165) is 204 Å². The van der Waals surface area contributed by atoms with Crippen molar-refractivity contribution in [3.63, 3.8) is 0 Å². The van der Waals surface area contributed by atoms with Crippen LogP contribution in [0.25, 0.3) is 150 Å². The number of anilines is 4. The Kier molecular flexibility index (Phi) is 24.5. The van der Waals surface area contributed by atoms with E-state index in [4.69, 9.17) is 35.7 Å². The molecule has 7 aromatic carbocycles. The second-order valence-corrected chi connectivity index (χ2v) is 39.0. The largest absolute Gasteiger partial charge is 0.489 e. The zero-order valence-electron chi connectivity index (χ0n) is 80.3. The number of piperazine rings is 4. The minimum atomic E-state index is -0.471. The van der Waals surface area contributed by atoms with Gasteiger partial charge in [0.25, 0.3) is 0 Å². The van der Waals surface area contributed by atoms with Gasteiger partial charge in [-0.25, -0.2) is 47.7 Å². The minimum absolute atomic E-state index is 0.154. The Morgan fingerprint density at radius 2 is 0.771 bits per heavy atom. The summed E-state index contributed by atoms with van der Waals surface area (Å²) >= 11 is 0. The van der Waals surface area contributed by atoms with Crippen molar-refractivity contribution in [2.24, 2.45) is 0 Å². The van der Waals surface area contributed by atoms with Gasteiger partial charge in [-0.1, -0.05) is 49.2 Å². The van der Waals surface area contributed by atoms with Crippen molar-refractivity contribution < 1.29 is 44.4 Å². The van der Waals surface area contributed by atoms with Crippen LogP contribution in [-0.4, -0.2) is 155 Å². The van der Waals surface area contributed by atoms with E-state index >= 15 is 0 Å². The van der Waals surface area contributed by atoms with E-state index in [-0.39, 0.29) is 39.7 Å². The maximum atomic E-state index is 14.3. The second kappa shape index (κ2) is 38.3. The van der Waals surface area contributed by atoms with Crippen LogP contribution in [0.5, 0.6) is 5.75 Å². The third kappa shape index (κ3) is 18.7. The lowest BCUT2D eigenvalue weighted by atomic mass is 9.75. The number of fused-ring (bicyclic) bond motifs is 10. The minimum Gasteiger partial charge on any atom is -0.489 e. The molecule has 7 fully saturated rings. The summed E-state index contributed by atoms with van der Waals surface area (Å²) in [5.74, 6) is 0.949. The number of ether oxygens (including phenoxy) is 1. The Balaban J connectivity index is 0.0000000999. The van der Waals surface area contributed by atoms with Crippen molar-refractivity contribution in [2.45, 2.75) is 109 Å². The molecule has 5 N–H and O–H groups in total. The van der Waals surface area contributed by atoms with Gasteiger partial charge in [-0.05, 0) is 218 Å². The fourth-order valence-electron chi connectivity index (χ4n) is 21.2. The lowest BCUT2D eigenvalue weighted by Gasteiger charge is -2.50. The molecule has 0 radical (unpaired) electrons. The predicted molar refractivity (Wildman–Crippen MR) is 557 cm³/mol. The third-order valence-corrected chi connectivity index (χ3v) is 28.7. The molecule has 2 spiro atoms. The van der Waals surface area contributed by atoms with E-state index in [0.29, 0.717) is 96.1 Å². The normalized spacial score (nSPS) is 17.2. The first-order chi connectivity index (χ1) is 70.0. The molecule has 18 heterocycles. The molecule has 5 aliphatic heterocycles. The molecule has 0 amide bonds. The molecule has 2 aliphatic carbocycles. The zero-order chi connectivity index (χ0) is 98.2. The lowest BCUT2D eigenvalue weighted by Crippen LogP contribution is -2.64. The number of para-hydroxylation sites is 2. The van der Waals surface area contributed by atoms with Crippen LogP contribution in [0.1, 0.15) is 80.8 Å². The summed E-state index contributed by atoms with van der Waals surface area (Å²) in [4.78, 5) is 90.4. The van der Waals surface area contributed by atoms with Gasteiger partial charge >= 0.3 is 28.1 Å². The van der Waals surface area contributed by atoms with Gasteiger partial charge in [0.1, 0.15) is 73.6 Å². The first kappa shape index (κ1) is 92.1. The molecule has 27 rings (SSSR count). The van der Waals surface area contributed by atoms with E-state index in [9.17, 15) is 32.8 Å². The van der Waals surface area contributed by atoms with Crippen LogP contribution in [0.4, 0.5) is 31.5 Å². The number of furan rings is 2. The van der Waals surface area contributed by atoms with Gasteiger partial charge in [0, 0.05) is 237 Å².